The fourth-order valence-corrected chi connectivity index (χ4v) is 2.24. The van der Waals surface area contributed by atoms with E-state index in [2.05, 4.69) is 25.9 Å². The molecule has 2 heterocycles. The molecular formula is C9H6BrClN2S. The summed E-state index contributed by atoms with van der Waals surface area (Å²) >= 11 is 10.8. The summed E-state index contributed by atoms with van der Waals surface area (Å²) in [5.41, 5.74) is 1.17. The van der Waals surface area contributed by atoms with E-state index in [1.165, 1.54) is 5.56 Å². The molecule has 0 saturated heterocycles. The van der Waals surface area contributed by atoms with Crippen LogP contribution in [0.2, 0.25) is 5.15 Å². The van der Waals surface area contributed by atoms with E-state index in [0.717, 1.165) is 9.35 Å². The molecule has 2 nitrogen and oxygen atoms in total. The summed E-state index contributed by atoms with van der Waals surface area (Å²) in [6.07, 6.45) is 1.67. The van der Waals surface area contributed by atoms with Gasteiger partial charge in [0.1, 0.15) is 5.15 Å². The van der Waals surface area contributed by atoms with Crippen LogP contribution in [0.5, 0.6) is 0 Å². The monoisotopic (exact) mass is 288 g/mol. The summed E-state index contributed by atoms with van der Waals surface area (Å²) in [6, 6.07) is 2.04. The third-order valence-electron chi connectivity index (χ3n) is 1.77. The number of nitrogens with zero attached hydrogens (tertiary/aromatic N) is 2. The summed E-state index contributed by atoms with van der Waals surface area (Å²) in [5, 5.41) is 2.46. The first-order valence-electron chi connectivity index (χ1n) is 3.91. The van der Waals surface area contributed by atoms with Crippen LogP contribution in [-0.4, -0.2) is 9.97 Å². The largest absolute Gasteiger partial charge is 0.235 e. The van der Waals surface area contributed by atoms with E-state index < -0.39 is 0 Å². The van der Waals surface area contributed by atoms with Gasteiger partial charge in [-0.2, -0.15) is 0 Å². The topological polar surface area (TPSA) is 25.8 Å². The molecule has 2 rings (SSSR count). The smallest absolute Gasteiger partial charge is 0.171 e. The summed E-state index contributed by atoms with van der Waals surface area (Å²) in [5.74, 6) is 0.686. The van der Waals surface area contributed by atoms with Crippen molar-refractivity contribution in [3.8, 4) is 10.7 Å². The molecule has 72 valence electrons. The Bertz CT molecular complexity index is 470. The molecule has 0 saturated carbocycles. The zero-order valence-corrected chi connectivity index (χ0v) is 10.4. The Kier molecular flexibility index (Phi) is 2.85. The number of thiophene rings is 1. The highest BCUT2D eigenvalue weighted by Gasteiger charge is 2.08. The number of rotatable bonds is 1. The lowest BCUT2D eigenvalue weighted by atomic mass is 10.3. The van der Waals surface area contributed by atoms with E-state index in [-0.39, 0.29) is 0 Å². The molecule has 0 aliphatic heterocycles. The van der Waals surface area contributed by atoms with Crippen molar-refractivity contribution in [2.75, 3.05) is 0 Å². The Morgan fingerprint density at radius 2 is 2.29 bits per heavy atom. The van der Waals surface area contributed by atoms with Crippen molar-refractivity contribution in [2.24, 2.45) is 0 Å². The number of hydrogen-bond acceptors (Lipinski definition) is 3. The van der Waals surface area contributed by atoms with E-state index in [9.17, 15) is 0 Å². The molecular weight excluding hydrogens is 284 g/mol. The summed E-state index contributed by atoms with van der Waals surface area (Å²) in [4.78, 5) is 9.47. The van der Waals surface area contributed by atoms with Gasteiger partial charge >= 0.3 is 0 Å². The molecule has 0 fully saturated rings. The number of aryl methyl sites for hydroxylation is 1. The highest BCUT2D eigenvalue weighted by molar-refractivity contribution is 9.10. The highest BCUT2D eigenvalue weighted by Crippen LogP contribution is 2.28. The van der Waals surface area contributed by atoms with Crippen LogP contribution in [0.1, 0.15) is 5.56 Å². The van der Waals surface area contributed by atoms with Crippen molar-refractivity contribution in [3.05, 3.63) is 32.8 Å². The SMILES string of the molecule is Cc1ccsc1-c1ncc(Br)c(Cl)n1. The van der Waals surface area contributed by atoms with Gasteiger partial charge in [-0.05, 0) is 39.9 Å². The van der Waals surface area contributed by atoms with E-state index in [1.807, 2.05) is 18.4 Å². The molecule has 0 unspecified atom stereocenters. The number of aromatic nitrogens is 2. The predicted octanol–water partition coefficient (Wildman–Crippen LogP) is 3.93. The Balaban J connectivity index is 2.53. The minimum absolute atomic E-state index is 0.447. The van der Waals surface area contributed by atoms with Crippen molar-refractivity contribution in [1.82, 2.24) is 9.97 Å². The molecule has 2 aromatic heterocycles. The second-order valence-electron chi connectivity index (χ2n) is 2.77. The zero-order chi connectivity index (χ0) is 10.1. The van der Waals surface area contributed by atoms with Gasteiger partial charge < -0.3 is 0 Å². The van der Waals surface area contributed by atoms with Crippen molar-refractivity contribution in [3.63, 3.8) is 0 Å². The zero-order valence-electron chi connectivity index (χ0n) is 7.29. The molecule has 0 aliphatic rings. The minimum Gasteiger partial charge on any atom is -0.235 e. The number of hydrogen-bond donors (Lipinski definition) is 0. The maximum absolute atomic E-state index is 5.89. The molecule has 0 radical (unpaired) electrons. The fraction of sp³-hybridized carbons (Fsp3) is 0.111. The Morgan fingerprint density at radius 3 is 2.86 bits per heavy atom. The molecule has 0 aromatic carbocycles. The molecule has 0 bridgehead atoms. The highest BCUT2D eigenvalue weighted by atomic mass is 79.9. The summed E-state index contributed by atoms with van der Waals surface area (Å²) in [7, 11) is 0. The van der Waals surface area contributed by atoms with Gasteiger partial charge in [0.15, 0.2) is 5.82 Å². The Morgan fingerprint density at radius 1 is 1.50 bits per heavy atom. The van der Waals surface area contributed by atoms with Gasteiger partial charge in [-0.1, -0.05) is 11.6 Å². The fourth-order valence-electron chi connectivity index (χ4n) is 1.06. The van der Waals surface area contributed by atoms with E-state index in [0.29, 0.717) is 11.0 Å². The van der Waals surface area contributed by atoms with Gasteiger partial charge in [-0.3, -0.25) is 0 Å². The molecule has 0 amide bonds. The Hall–Kier alpha value is -0.450. The molecule has 0 atom stereocenters. The standard InChI is InChI=1S/C9H6BrClN2S/c1-5-2-3-14-7(5)9-12-4-6(10)8(11)13-9/h2-4H,1H3. The molecule has 0 spiro atoms. The van der Waals surface area contributed by atoms with Crippen LogP contribution in [0.25, 0.3) is 10.7 Å². The van der Waals surface area contributed by atoms with Crippen LogP contribution in [0.4, 0.5) is 0 Å². The second kappa shape index (κ2) is 3.96. The summed E-state index contributed by atoms with van der Waals surface area (Å²) < 4.78 is 0.720. The molecule has 2 aromatic rings. The lowest BCUT2D eigenvalue weighted by molar-refractivity contribution is 1.16. The third-order valence-corrected chi connectivity index (χ3v) is 3.88. The van der Waals surface area contributed by atoms with Crippen LogP contribution < -0.4 is 0 Å². The first-order valence-corrected chi connectivity index (χ1v) is 5.96. The average molecular weight is 290 g/mol. The minimum atomic E-state index is 0.447. The molecule has 5 heteroatoms. The van der Waals surface area contributed by atoms with Crippen LogP contribution in [-0.2, 0) is 0 Å². The maximum atomic E-state index is 5.89. The first kappa shape index (κ1) is 10.1. The lowest BCUT2D eigenvalue weighted by Gasteiger charge is -1.99. The van der Waals surface area contributed by atoms with Crippen molar-refractivity contribution >= 4 is 38.9 Å². The van der Waals surface area contributed by atoms with Gasteiger partial charge in [0, 0.05) is 6.20 Å². The summed E-state index contributed by atoms with van der Waals surface area (Å²) in [6.45, 7) is 2.03. The predicted molar refractivity (Wildman–Crippen MR) is 62.8 cm³/mol. The van der Waals surface area contributed by atoms with Crippen LogP contribution in [0.3, 0.4) is 0 Å². The molecule has 0 aliphatic carbocycles. The molecule has 14 heavy (non-hydrogen) atoms. The van der Waals surface area contributed by atoms with Gasteiger partial charge in [-0.25, -0.2) is 9.97 Å². The van der Waals surface area contributed by atoms with Gasteiger partial charge in [0.2, 0.25) is 0 Å². The third kappa shape index (κ3) is 1.82. The average Bonchev–Trinajstić information content (AvgIpc) is 2.57. The van der Waals surface area contributed by atoms with E-state index >= 15 is 0 Å². The number of halogens is 2. The van der Waals surface area contributed by atoms with Crippen molar-refractivity contribution in [2.45, 2.75) is 6.92 Å². The maximum Gasteiger partial charge on any atom is 0.171 e. The lowest BCUT2D eigenvalue weighted by Crippen LogP contribution is -1.88. The molecule has 0 N–H and O–H groups in total. The van der Waals surface area contributed by atoms with Crippen molar-refractivity contribution in [1.29, 1.82) is 0 Å². The Labute approximate surface area is 99.1 Å². The van der Waals surface area contributed by atoms with E-state index in [1.54, 1.807) is 17.5 Å². The van der Waals surface area contributed by atoms with Gasteiger partial charge in [-0.15, -0.1) is 11.3 Å². The van der Waals surface area contributed by atoms with Crippen molar-refractivity contribution < 1.29 is 0 Å². The van der Waals surface area contributed by atoms with Crippen LogP contribution in [0.15, 0.2) is 22.1 Å². The first-order chi connectivity index (χ1) is 6.68. The quantitative estimate of drug-likeness (QED) is 0.743. The van der Waals surface area contributed by atoms with Gasteiger partial charge in [0.05, 0.1) is 9.35 Å². The van der Waals surface area contributed by atoms with Crippen LogP contribution in [0, 0.1) is 6.92 Å². The van der Waals surface area contributed by atoms with Gasteiger partial charge in [0.25, 0.3) is 0 Å². The van der Waals surface area contributed by atoms with E-state index in [4.69, 9.17) is 11.6 Å². The van der Waals surface area contributed by atoms with Crippen LogP contribution >= 0.6 is 38.9 Å². The normalized spacial score (nSPS) is 10.5. The second-order valence-corrected chi connectivity index (χ2v) is 4.89.